The predicted molar refractivity (Wildman–Crippen MR) is 105 cm³/mol. The van der Waals surface area contributed by atoms with Crippen LogP contribution < -0.4 is 5.56 Å². The summed E-state index contributed by atoms with van der Waals surface area (Å²) in [4.78, 5) is 29.1. The van der Waals surface area contributed by atoms with E-state index in [1.54, 1.807) is 0 Å². The van der Waals surface area contributed by atoms with Crippen LogP contribution in [-0.4, -0.2) is 21.5 Å². The Balaban J connectivity index is 1.97. The van der Waals surface area contributed by atoms with Crippen molar-refractivity contribution in [1.82, 2.24) is 9.55 Å². The van der Waals surface area contributed by atoms with E-state index in [1.165, 1.54) is 0 Å². The van der Waals surface area contributed by atoms with Gasteiger partial charge in [0.1, 0.15) is 17.5 Å². The number of benzene rings is 1. The first-order valence-electron chi connectivity index (χ1n) is 9.68. The van der Waals surface area contributed by atoms with E-state index >= 15 is 0 Å². The van der Waals surface area contributed by atoms with Gasteiger partial charge in [-0.2, -0.15) is 18.4 Å². The fraction of sp³-hybridized carbons (Fsp3) is 0.429. The number of halogens is 6. The second kappa shape index (κ2) is 8.98. The summed E-state index contributed by atoms with van der Waals surface area (Å²) in [5.41, 5.74) is -2.67. The maximum atomic E-state index is 14.3. The van der Waals surface area contributed by atoms with Gasteiger partial charge in [0.05, 0.1) is 29.3 Å². The Hall–Kier alpha value is -2.80. The van der Waals surface area contributed by atoms with Crippen LogP contribution in [0.5, 0.6) is 0 Å². The van der Waals surface area contributed by atoms with Crippen LogP contribution in [0.3, 0.4) is 0 Å². The zero-order valence-corrected chi connectivity index (χ0v) is 17.4. The molecule has 1 saturated carbocycles. The number of aromatic nitrogens is 2. The number of nitriles is 1. The lowest BCUT2D eigenvalue weighted by atomic mass is 10.0. The van der Waals surface area contributed by atoms with Gasteiger partial charge in [-0.1, -0.05) is 11.6 Å². The third-order valence-corrected chi connectivity index (χ3v) is 5.39. The van der Waals surface area contributed by atoms with Crippen molar-refractivity contribution in [3.05, 3.63) is 51.0 Å². The molecule has 0 atom stereocenters. The van der Waals surface area contributed by atoms with E-state index in [1.807, 2.05) is 0 Å². The average molecular weight is 474 g/mol. The highest BCUT2D eigenvalue weighted by atomic mass is 35.5. The van der Waals surface area contributed by atoms with Crippen molar-refractivity contribution in [3.8, 4) is 17.3 Å². The lowest BCUT2D eigenvalue weighted by Gasteiger charge is -2.15. The second-order valence-corrected chi connectivity index (χ2v) is 8.24. The van der Waals surface area contributed by atoms with Crippen molar-refractivity contribution in [2.75, 3.05) is 0 Å². The summed E-state index contributed by atoms with van der Waals surface area (Å²) >= 11 is 5.60. The summed E-state index contributed by atoms with van der Waals surface area (Å²) in [7, 11) is 0. The van der Waals surface area contributed by atoms with Gasteiger partial charge in [-0.3, -0.25) is 14.2 Å². The molecule has 2 aromatic rings. The molecule has 0 bridgehead atoms. The van der Waals surface area contributed by atoms with E-state index in [4.69, 9.17) is 16.9 Å². The highest BCUT2D eigenvalue weighted by Gasteiger charge is 2.44. The normalized spacial score (nSPS) is 14.8. The number of Topliss-reactive ketones (excluding diaryl/α,β-unsaturated/α-hetero) is 1. The van der Waals surface area contributed by atoms with Gasteiger partial charge in [-0.25, -0.2) is 13.8 Å². The van der Waals surface area contributed by atoms with E-state index in [2.05, 4.69) is 11.1 Å². The zero-order chi connectivity index (χ0) is 23.7. The van der Waals surface area contributed by atoms with Gasteiger partial charge in [-0.05, 0) is 31.4 Å². The SMILES string of the molecule is N#CC1(CC(=O)Cn2c(CCCC(F)(F)F)nc(-c3c(F)cc(Cl)cc3F)cc2=O)CC1. The number of rotatable bonds is 8. The lowest BCUT2D eigenvalue weighted by Crippen LogP contribution is -2.29. The van der Waals surface area contributed by atoms with Crippen LogP contribution in [0.15, 0.2) is 23.0 Å². The summed E-state index contributed by atoms with van der Waals surface area (Å²) in [5.74, 6) is -2.86. The first-order chi connectivity index (χ1) is 14.9. The fourth-order valence-electron chi connectivity index (χ4n) is 3.36. The smallest absolute Gasteiger partial charge is 0.298 e. The minimum atomic E-state index is -4.45. The monoisotopic (exact) mass is 473 g/mol. The van der Waals surface area contributed by atoms with E-state index < -0.39 is 65.2 Å². The Morgan fingerprint density at radius 1 is 1.22 bits per heavy atom. The first kappa shape index (κ1) is 23.9. The quantitative estimate of drug-likeness (QED) is 0.506. The third kappa shape index (κ3) is 5.71. The summed E-state index contributed by atoms with van der Waals surface area (Å²) < 4.78 is 67.2. The van der Waals surface area contributed by atoms with Gasteiger partial charge >= 0.3 is 6.18 Å². The Labute approximate surface area is 184 Å². The molecule has 0 unspecified atom stereocenters. The standard InChI is InChI=1S/C21H17ClF5N3O2/c22-12-6-14(23)19(15(24)7-12)16-8-18(32)30(10-13(31)9-20(11-28)4-5-20)17(29-16)2-1-3-21(25,26)27/h6-8H,1-5,9-10H2. The largest absolute Gasteiger partial charge is 0.389 e. The number of carbonyl (C=O) groups excluding carboxylic acids is 1. The van der Waals surface area contributed by atoms with E-state index in [9.17, 15) is 31.5 Å². The molecule has 1 fully saturated rings. The minimum Gasteiger partial charge on any atom is -0.298 e. The molecule has 0 saturated heterocycles. The third-order valence-electron chi connectivity index (χ3n) is 5.17. The van der Waals surface area contributed by atoms with Crippen molar-refractivity contribution >= 4 is 17.4 Å². The molecule has 0 aliphatic heterocycles. The Morgan fingerprint density at radius 2 is 1.84 bits per heavy atom. The molecule has 1 aromatic carbocycles. The molecule has 1 heterocycles. The Morgan fingerprint density at radius 3 is 2.38 bits per heavy atom. The molecule has 0 amide bonds. The molecule has 11 heteroatoms. The molecule has 0 radical (unpaired) electrons. The van der Waals surface area contributed by atoms with Crippen LogP contribution in [0.2, 0.25) is 5.02 Å². The van der Waals surface area contributed by atoms with E-state index in [-0.39, 0.29) is 23.7 Å². The van der Waals surface area contributed by atoms with Gasteiger partial charge < -0.3 is 0 Å². The zero-order valence-electron chi connectivity index (χ0n) is 16.6. The van der Waals surface area contributed by atoms with Crippen LogP contribution >= 0.6 is 11.6 Å². The second-order valence-electron chi connectivity index (χ2n) is 7.80. The molecule has 1 aliphatic rings. The van der Waals surface area contributed by atoms with Gasteiger partial charge in [0.15, 0.2) is 5.78 Å². The maximum absolute atomic E-state index is 14.3. The number of carbonyl (C=O) groups is 1. The summed E-state index contributed by atoms with van der Waals surface area (Å²) in [6.07, 6.45) is -5.40. The van der Waals surface area contributed by atoms with Crippen molar-refractivity contribution in [2.24, 2.45) is 5.41 Å². The molecule has 32 heavy (non-hydrogen) atoms. The van der Waals surface area contributed by atoms with Crippen LogP contribution in [-0.2, 0) is 17.8 Å². The lowest BCUT2D eigenvalue weighted by molar-refractivity contribution is -0.135. The number of alkyl halides is 3. The molecule has 0 spiro atoms. The molecule has 0 N–H and O–H groups in total. The first-order valence-corrected chi connectivity index (χ1v) is 10.1. The highest BCUT2D eigenvalue weighted by molar-refractivity contribution is 6.30. The molecular formula is C21H17ClF5N3O2. The average Bonchev–Trinajstić information content (AvgIpc) is 3.42. The minimum absolute atomic E-state index is 0.0971. The van der Waals surface area contributed by atoms with Gasteiger partial charge in [-0.15, -0.1) is 0 Å². The maximum Gasteiger partial charge on any atom is 0.389 e. The number of hydrogen-bond donors (Lipinski definition) is 0. The van der Waals surface area contributed by atoms with E-state index in [0.29, 0.717) is 12.8 Å². The van der Waals surface area contributed by atoms with Gasteiger partial charge in [0.2, 0.25) is 0 Å². The van der Waals surface area contributed by atoms with Crippen LogP contribution in [0.25, 0.3) is 11.3 Å². The summed E-state index contributed by atoms with van der Waals surface area (Å²) in [6.45, 7) is -0.498. The summed E-state index contributed by atoms with van der Waals surface area (Å²) in [6, 6.07) is 4.50. The molecular weight excluding hydrogens is 457 g/mol. The van der Waals surface area contributed by atoms with Crippen molar-refractivity contribution in [3.63, 3.8) is 0 Å². The Kier molecular flexibility index (Phi) is 6.69. The number of ketones is 1. The van der Waals surface area contributed by atoms with Crippen molar-refractivity contribution < 1.29 is 26.7 Å². The topological polar surface area (TPSA) is 75.8 Å². The van der Waals surface area contributed by atoms with Crippen LogP contribution in [0.4, 0.5) is 22.0 Å². The van der Waals surface area contributed by atoms with Gasteiger partial charge in [0, 0.05) is 30.4 Å². The van der Waals surface area contributed by atoms with E-state index in [0.717, 1.165) is 22.8 Å². The molecule has 3 rings (SSSR count). The Bertz CT molecular complexity index is 1130. The summed E-state index contributed by atoms with van der Waals surface area (Å²) in [5, 5.41) is 8.91. The van der Waals surface area contributed by atoms with Crippen molar-refractivity contribution in [2.45, 2.75) is 51.2 Å². The molecule has 170 valence electrons. The van der Waals surface area contributed by atoms with Crippen molar-refractivity contribution in [1.29, 1.82) is 5.26 Å². The predicted octanol–water partition coefficient (Wildman–Crippen LogP) is 4.99. The van der Waals surface area contributed by atoms with Crippen LogP contribution in [0.1, 0.15) is 37.9 Å². The highest BCUT2D eigenvalue weighted by Crippen LogP contribution is 2.48. The fourth-order valence-corrected chi connectivity index (χ4v) is 3.56. The number of hydrogen-bond acceptors (Lipinski definition) is 4. The van der Waals surface area contributed by atoms with Gasteiger partial charge in [0.25, 0.3) is 5.56 Å². The number of aryl methyl sites for hydroxylation is 1. The van der Waals surface area contributed by atoms with Crippen LogP contribution in [0, 0.1) is 28.4 Å². The molecule has 1 aromatic heterocycles. The number of nitrogens with zero attached hydrogens (tertiary/aromatic N) is 3. The molecule has 1 aliphatic carbocycles. The molecule has 5 nitrogen and oxygen atoms in total.